The number of benzene rings is 1. The second-order valence-electron chi connectivity index (χ2n) is 4.67. The van der Waals surface area contributed by atoms with E-state index in [1.54, 1.807) is 19.2 Å². The van der Waals surface area contributed by atoms with E-state index in [-0.39, 0.29) is 11.9 Å². The molecule has 0 saturated heterocycles. The molecular formula is C15H24N2O2. The third-order valence-corrected chi connectivity index (χ3v) is 3.06. The van der Waals surface area contributed by atoms with Gasteiger partial charge >= 0.3 is 0 Å². The first kappa shape index (κ1) is 15.7. The van der Waals surface area contributed by atoms with E-state index in [0.717, 1.165) is 24.8 Å². The number of nitrogens with two attached hydrogens (primary N) is 1. The van der Waals surface area contributed by atoms with Gasteiger partial charge < -0.3 is 15.8 Å². The molecule has 0 fully saturated rings. The first-order chi connectivity index (χ1) is 9.21. The minimum Gasteiger partial charge on any atom is -0.383 e. The van der Waals surface area contributed by atoms with Gasteiger partial charge in [0.05, 0.1) is 12.6 Å². The van der Waals surface area contributed by atoms with Crippen LogP contribution in [-0.4, -0.2) is 25.7 Å². The number of rotatable bonds is 8. The maximum absolute atomic E-state index is 12.1. The number of unbranched alkanes of at least 4 members (excludes halogenated alkanes) is 1. The Labute approximate surface area is 115 Å². The molecule has 19 heavy (non-hydrogen) atoms. The van der Waals surface area contributed by atoms with Crippen molar-refractivity contribution in [2.75, 3.05) is 13.7 Å². The number of hydrogen-bond acceptors (Lipinski definition) is 3. The fourth-order valence-corrected chi connectivity index (χ4v) is 1.91. The molecule has 0 aliphatic carbocycles. The first-order valence-electron chi connectivity index (χ1n) is 6.80. The number of carbonyl (C=O) groups excluding carboxylic acids is 1. The second kappa shape index (κ2) is 8.67. The van der Waals surface area contributed by atoms with Crippen molar-refractivity contribution in [1.82, 2.24) is 5.32 Å². The Hall–Kier alpha value is -1.39. The standard InChI is InChI=1S/C15H24N2O2/c1-3-4-5-14(11-19-2)17-15(18)13-8-6-12(10-16)7-9-13/h6-9,14H,3-5,10-11,16H2,1-2H3,(H,17,18). The van der Waals surface area contributed by atoms with Crippen molar-refractivity contribution in [2.24, 2.45) is 5.73 Å². The van der Waals surface area contributed by atoms with Crippen LogP contribution in [0.5, 0.6) is 0 Å². The van der Waals surface area contributed by atoms with Crippen LogP contribution in [-0.2, 0) is 11.3 Å². The van der Waals surface area contributed by atoms with E-state index < -0.39 is 0 Å². The third-order valence-electron chi connectivity index (χ3n) is 3.06. The van der Waals surface area contributed by atoms with Crippen LogP contribution in [0.15, 0.2) is 24.3 Å². The maximum atomic E-state index is 12.1. The van der Waals surface area contributed by atoms with Crippen LogP contribution in [0.4, 0.5) is 0 Å². The van der Waals surface area contributed by atoms with Crippen LogP contribution in [0.25, 0.3) is 0 Å². The minimum atomic E-state index is -0.0540. The van der Waals surface area contributed by atoms with Gasteiger partial charge in [0, 0.05) is 19.2 Å². The molecule has 0 saturated carbocycles. The molecule has 1 rings (SSSR count). The number of ether oxygens (including phenoxy) is 1. The van der Waals surface area contributed by atoms with Gasteiger partial charge in [-0.15, -0.1) is 0 Å². The molecule has 0 aliphatic heterocycles. The molecule has 1 aromatic rings. The summed E-state index contributed by atoms with van der Waals surface area (Å²) in [4.78, 5) is 12.1. The SMILES string of the molecule is CCCCC(COC)NC(=O)c1ccc(CN)cc1. The topological polar surface area (TPSA) is 64.3 Å². The van der Waals surface area contributed by atoms with Crippen LogP contribution < -0.4 is 11.1 Å². The van der Waals surface area contributed by atoms with Crippen LogP contribution in [0.1, 0.15) is 42.1 Å². The lowest BCUT2D eigenvalue weighted by molar-refractivity contribution is 0.0890. The Morgan fingerprint density at radius 2 is 2.05 bits per heavy atom. The molecule has 0 aromatic heterocycles. The summed E-state index contributed by atoms with van der Waals surface area (Å²) in [6, 6.07) is 7.45. The largest absolute Gasteiger partial charge is 0.383 e. The zero-order chi connectivity index (χ0) is 14.1. The normalized spacial score (nSPS) is 12.2. The summed E-state index contributed by atoms with van der Waals surface area (Å²) >= 11 is 0. The average Bonchev–Trinajstić information content (AvgIpc) is 2.45. The highest BCUT2D eigenvalue weighted by Gasteiger charge is 2.13. The molecule has 1 unspecified atom stereocenters. The summed E-state index contributed by atoms with van der Waals surface area (Å²) in [7, 11) is 1.65. The quantitative estimate of drug-likeness (QED) is 0.755. The molecule has 1 aromatic carbocycles. The van der Waals surface area contributed by atoms with Gasteiger partial charge in [-0.25, -0.2) is 0 Å². The monoisotopic (exact) mass is 264 g/mol. The van der Waals surface area contributed by atoms with Crippen molar-refractivity contribution in [1.29, 1.82) is 0 Å². The summed E-state index contributed by atoms with van der Waals surface area (Å²) in [6.07, 6.45) is 3.14. The molecule has 4 nitrogen and oxygen atoms in total. The van der Waals surface area contributed by atoms with Crippen molar-refractivity contribution >= 4 is 5.91 Å². The zero-order valence-corrected chi connectivity index (χ0v) is 11.8. The van der Waals surface area contributed by atoms with Crippen molar-refractivity contribution in [3.05, 3.63) is 35.4 Å². The molecular weight excluding hydrogens is 240 g/mol. The van der Waals surface area contributed by atoms with Crippen LogP contribution in [0.3, 0.4) is 0 Å². The smallest absolute Gasteiger partial charge is 0.251 e. The average molecular weight is 264 g/mol. The highest BCUT2D eigenvalue weighted by atomic mass is 16.5. The molecule has 4 heteroatoms. The van der Waals surface area contributed by atoms with Gasteiger partial charge in [-0.2, -0.15) is 0 Å². The molecule has 0 heterocycles. The van der Waals surface area contributed by atoms with Crippen molar-refractivity contribution in [2.45, 2.75) is 38.8 Å². The summed E-state index contributed by atoms with van der Waals surface area (Å²) in [5.74, 6) is -0.0540. The van der Waals surface area contributed by atoms with Crippen LogP contribution >= 0.6 is 0 Å². The number of carbonyl (C=O) groups is 1. The fraction of sp³-hybridized carbons (Fsp3) is 0.533. The predicted octanol–water partition coefficient (Wildman–Crippen LogP) is 2.08. The van der Waals surface area contributed by atoms with E-state index >= 15 is 0 Å². The van der Waals surface area contributed by atoms with Gasteiger partial charge in [-0.05, 0) is 24.1 Å². The summed E-state index contributed by atoms with van der Waals surface area (Å²) in [5, 5.41) is 3.01. The molecule has 1 atom stereocenters. The number of hydrogen-bond donors (Lipinski definition) is 2. The Morgan fingerprint density at radius 3 is 2.58 bits per heavy atom. The van der Waals surface area contributed by atoms with E-state index in [1.807, 2.05) is 12.1 Å². The van der Waals surface area contributed by atoms with E-state index in [1.165, 1.54) is 0 Å². The third kappa shape index (κ3) is 5.41. The van der Waals surface area contributed by atoms with Gasteiger partial charge in [0.2, 0.25) is 0 Å². The van der Waals surface area contributed by atoms with Gasteiger partial charge in [0.15, 0.2) is 0 Å². The zero-order valence-electron chi connectivity index (χ0n) is 11.8. The highest BCUT2D eigenvalue weighted by Crippen LogP contribution is 2.06. The minimum absolute atomic E-state index is 0.0540. The van der Waals surface area contributed by atoms with Crippen molar-refractivity contribution in [3.63, 3.8) is 0 Å². The Bertz CT molecular complexity index is 376. The van der Waals surface area contributed by atoms with E-state index in [9.17, 15) is 4.79 Å². The molecule has 0 spiro atoms. The van der Waals surface area contributed by atoms with Crippen molar-refractivity contribution < 1.29 is 9.53 Å². The van der Waals surface area contributed by atoms with Gasteiger partial charge in [0.25, 0.3) is 5.91 Å². The van der Waals surface area contributed by atoms with E-state index in [0.29, 0.717) is 18.7 Å². The lowest BCUT2D eigenvalue weighted by Crippen LogP contribution is -2.38. The maximum Gasteiger partial charge on any atom is 0.251 e. The molecule has 106 valence electrons. The molecule has 0 aliphatic rings. The Kier molecular flexibility index (Phi) is 7.15. The highest BCUT2D eigenvalue weighted by molar-refractivity contribution is 5.94. The Morgan fingerprint density at radius 1 is 1.37 bits per heavy atom. The summed E-state index contributed by atoms with van der Waals surface area (Å²) in [6.45, 7) is 3.18. The lowest BCUT2D eigenvalue weighted by atomic mass is 10.1. The van der Waals surface area contributed by atoms with Crippen LogP contribution in [0, 0.1) is 0 Å². The number of nitrogens with one attached hydrogen (secondary N) is 1. The number of amides is 1. The number of methoxy groups -OCH3 is 1. The fourth-order valence-electron chi connectivity index (χ4n) is 1.91. The summed E-state index contributed by atoms with van der Waals surface area (Å²) in [5.41, 5.74) is 7.22. The molecule has 3 N–H and O–H groups in total. The second-order valence-corrected chi connectivity index (χ2v) is 4.67. The lowest BCUT2D eigenvalue weighted by Gasteiger charge is -2.17. The van der Waals surface area contributed by atoms with Gasteiger partial charge in [-0.3, -0.25) is 4.79 Å². The van der Waals surface area contributed by atoms with Gasteiger partial charge in [-0.1, -0.05) is 31.9 Å². The first-order valence-corrected chi connectivity index (χ1v) is 6.80. The Balaban J connectivity index is 2.58. The molecule has 0 radical (unpaired) electrons. The van der Waals surface area contributed by atoms with Gasteiger partial charge in [0.1, 0.15) is 0 Å². The molecule has 1 amide bonds. The van der Waals surface area contributed by atoms with E-state index in [2.05, 4.69) is 12.2 Å². The predicted molar refractivity (Wildman–Crippen MR) is 77.0 cm³/mol. The van der Waals surface area contributed by atoms with Crippen LogP contribution in [0.2, 0.25) is 0 Å². The van der Waals surface area contributed by atoms with E-state index in [4.69, 9.17) is 10.5 Å². The van der Waals surface area contributed by atoms with Crippen molar-refractivity contribution in [3.8, 4) is 0 Å². The summed E-state index contributed by atoms with van der Waals surface area (Å²) < 4.78 is 5.14. The molecule has 0 bridgehead atoms.